The molecule has 0 aliphatic carbocycles. The Kier molecular flexibility index (Phi) is 5.29. The number of carbonyl (C=O) groups is 1. The Balaban J connectivity index is 3.00. The zero-order chi connectivity index (χ0) is 14.5. The van der Waals surface area contributed by atoms with Crippen molar-refractivity contribution in [2.75, 3.05) is 0 Å². The highest BCUT2D eigenvalue weighted by Gasteiger charge is 2.50. The summed E-state index contributed by atoms with van der Waals surface area (Å²) in [6.07, 6.45) is 1.000. The number of hydrogen-bond donors (Lipinski definition) is 3. The fourth-order valence-corrected chi connectivity index (χ4v) is 3.64. The highest BCUT2D eigenvalue weighted by Crippen LogP contribution is 2.56. The van der Waals surface area contributed by atoms with Crippen molar-refractivity contribution in [3.8, 4) is 0 Å². The first-order valence-electron chi connectivity index (χ1n) is 6.21. The van der Waals surface area contributed by atoms with Crippen molar-refractivity contribution in [1.29, 1.82) is 0 Å². The van der Waals surface area contributed by atoms with Gasteiger partial charge in [-0.1, -0.05) is 50.1 Å². The van der Waals surface area contributed by atoms with E-state index in [0.29, 0.717) is 12.0 Å². The quantitative estimate of drug-likeness (QED) is 0.668. The van der Waals surface area contributed by atoms with Crippen LogP contribution >= 0.6 is 7.37 Å². The van der Waals surface area contributed by atoms with E-state index < -0.39 is 18.6 Å². The Labute approximate surface area is 112 Å². The molecule has 0 bridgehead atoms. The van der Waals surface area contributed by atoms with Crippen LogP contribution in [0.5, 0.6) is 0 Å². The number of aliphatic carboxylic acids is 1. The second-order valence-corrected chi connectivity index (χ2v) is 7.20. The van der Waals surface area contributed by atoms with E-state index in [9.17, 15) is 19.4 Å². The van der Waals surface area contributed by atoms with E-state index in [4.69, 9.17) is 5.73 Å². The number of carboxylic acids is 1. The number of carboxylic acid groups (broad SMARTS) is 1. The van der Waals surface area contributed by atoms with Crippen molar-refractivity contribution in [3.05, 3.63) is 35.9 Å². The van der Waals surface area contributed by atoms with E-state index in [1.54, 1.807) is 30.3 Å². The first-order chi connectivity index (χ1) is 8.83. The standard InChI is InChI=1S/C13H20NO4P/c1-2-3-9-13(14,12(15)16)19(17,18)10-11-7-5-4-6-8-11/h4-8H,2-3,9-10,14H2,1H3,(H,15,16)(H,17,18). The second kappa shape index (κ2) is 6.33. The highest BCUT2D eigenvalue weighted by molar-refractivity contribution is 7.59. The topological polar surface area (TPSA) is 101 Å². The minimum Gasteiger partial charge on any atom is -0.479 e. The van der Waals surface area contributed by atoms with Crippen molar-refractivity contribution in [1.82, 2.24) is 0 Å². The molecule has 1 aromatic rings. The fraction of sp³-hybridized carbons (Fsp3) is 0.462. The normalized spacial score (nSPS) is 17.4. The van der Waals surface area contributed by atoms with Gasteiger partial charge in [-0.25, -0.2) is 4.79 Å². The molecule has 0 heterocycles. The molecule has 5 nitrogen and oxygen atoms in total. The minimum atomic E-state index is -4.04. The van der Waals surface area contributed by atoms with Gasteiger partial charge in [-0.3, -0.25) is 4.57 Å². The van der Waals surface area contributed by atoms with E-state index in [-0.39, 0.29) is 12.6 Å². The number of hydrogen-bond acceptors (Lipinski definition) is 3. The molecule has 106 valence electrons. The van der Waals surface area contributed by atoms with Crippen LogP contribution in [0.2, 0.25) is 0 Å². The number of unbranched alkanes of at least 4 members (excludes halogenated alkanes) is 1. The number of rotatable bonds is 7. The van der Waals surface area contributed by atoms with Crippen molar-refractivity contribution >= 4 is 13.3 Å². The van der Waals surface area contributed by atoms with Crippen LogP contribution in [0.3, 0.4) is 0 Å². The Bertz CT molecular complexity index is 477. The van der Waals surface area contributed by atoms with Crippen LogP contribution in [0.25, 0.3) is 0 Å². The first-order valence-corrected chi connectivity index (χ1v) is 8.06. The van der Waals surface area contributed by atoms with E-state index in [1.165, 1.54) is 0 Å². The number of benzene rings is 1. The van der Waals surface area contributed by atoms with Crippen molar-refractivity contribution < 1.29 is 19.4 Å². The van der Waals surface area contributed by atoms with Crippen LogP contribution in [0, 0.1) is 0 Å². The largest absolute Gasteiger partial charge is 0.479 e. The molecule has 19 heavy (non-hydrogen) atoms. The van der Waals surface area contributed by atoms with Gasteiger partial charge < -0.3 is 15.7 Å². The lowest BCUT2D eigenvalue weighted by Gasteiger charge is -2.29. The molecule has 0 saturated carbocycles. The number of nitrogens with two attached hydrogens (primary N) is 1. The molecule has 0 spiro atoms. The van der Waals surface area contributed by atoms with E-state index in [0.717, 1.165) is 6.42 Å². The van der Waals surface area contributed by atoms with Crippen LogP contribution < -0.4 is 5.73 Å². The highest BCUT2D eigenvalue weighted by atomic mass is 31.2. The van der Waals surface area contributed by atoms with Gasteiger partial charge in [0.15, 0.2) is 5.28 Å². The van der Waals surface area contributed by atoms with Crippen LogP contribution in [-0.4, -0.2) is 21.2 Å². The lowest BCUT2D eigenvalue weighted by Crippen LogP contribution is -2.47. The predicted molar refractivity (Wildman–Crippen MR) is 74.1 cm³/mol. The second-order valence-electron chi connectivity index (χ2n) is 4.68. The van der Waals surface area contributed by atoms with Crippen molar-refractivity contribution in [3.63, 3.8) is 0 Å². The van der Waals surface area contributed by atoms with Crippen molar-refractivity contribution in [2.45, 2.75) is 37.6 Å². The summed E-state index contributed by atoms with van der Waals surface area (Å²) in [6.45, 7) is 1.88. The van der Waals surface area contributed by atoms with Gasteiger partial charge in [0.2, 0.25) is 7.37 Å². The third-order valence-electron chi connectivity index (χ3n) is 3.15. The third kappa shape index (κ3) is 3.66. The zero-order valence-electron chi connectivity index (χ0n) is 11.0. The first kappa shape index (κ1) is 15.9. The zero-order valence-corrected chi connectivity index (χ0v) is 11.8. The maximum absolute atomic E-state index is 12.4. The molecule has 0 amide bonds. The Morgan fingerprint density at radius 1 is 1.37 bits per heavy atom. The molecule has 0 fully saturated rings. The summed E-state index contributed by atoms with van der Waals surface area (Å²) in [5.41, 5.74) is 6.35. The Morgan fingerprint density at radius 2 is 1.95 bits per heavy atom. The Hall–Kier alpha value is -1.16. The van der Waals surface area contributed by atoms with Crippen LogP contribution in [0.4, 0.5) is 0 Å². The van der Waals surface area contributed by atoms with Gasteiger partial charge in [0.1, 0.15) is 0 Å². The summed E-state index contributed by atoms with van der Waals surface area (Å²) in [6, 6.07) is 8.63. The summed E-state index contributed by atoms with van der Waals surface area (Å²) < 4.78 is 12.4. The van der Waals surface area contributed by atoms with Crippen LogP contribution in [0.1, 0.15) is 31.7 Å². The molecule has 0 aliphatic rings. The maximum atomic E-state index is 12.4. The smallest absolute Gasteiger partial charge is 0.333 e. The van der Waals surface area contributed by atoms with Gasteiger partial charge in [0.25, 0.3) is 0 Å². The summed E-state index contributed by atoms with van der Waals surface area (Å²) in [5, 5.41) is 7.14. The molecule has 0 aromatic heterocycles. The van der Waals surface area contributed by atoms with Crippen molar-refractivity contribution in [2.24, 2.45) is 5.73 Å². The maximum Gasteiger partial charge on any atom is 0.333 e. The molecule has 0 radical (unpaired) electrons. The lowest BCUT2D eigenvalue weighted by atomic mass is 10.1. The molecule has 1 aromatic carbocycles. The molecule has 0 saturated heterocycles. The molecule has 4 N–H and O–H groups in total. The summed E-state index contributed by atoms with van der Waals surface area (Å²) in [5.74, 6) is -1.41. The van der Waals surface area contributed by atoms with Gasteiger partial charge in [-0.15, -0.1) is 0 Å². The van der Waals surface area contributed by atoms with Gasteiger partial charge in [0.05, 0.1) is 6.16 Å². The molecule has 1 rings (SSSR count). The monoisotopic (exact) mass is 285 g/mol. The van der Waals surface area contributed by atoms with Gasteiger partial charge in [-0.05, 0) is 12.0 Å². The molecule has 2 unspecified atom stereocenters. The summed E-state index contributed by atoms with van der Waals surface area (Å²) in [4.78, 5) is 21.4. The molecule has 6 heteroatoms. The molecular formula is C13H20NO4P. The third-order valence-corrected chi connectivity index (χ3v) is 5.60. The van der Waals surface area contributed by atoms with E-state index >= 15 is 0 Å². The van der Waals surface area contributed by atoms with Crippen LogP contribution in [0.15, 0.2) is 30.3 Å². The van der Waals surface area contributed by atoms with Gasteiger partial charge in [0, 0.05) is 0 Å². The van der Waals surface area contributed by atoms with E-state index in [2.05, 4.69) is 0 Å². The predicted octanol–water partition coefficient (Wildman–Crippen LogP) is 2.39. The summed E-state index contributed by atoms with van der Waals surface area (Å²) in [7, 11) is -4.04. The average molecular weight is 285 g/mol. The molecule has 2 atom stereocenters. The fourth-order valence-electron chi connectivity index (χ4n) is 1.85. The molecule has 0 aliphatic heterocycles. The average Bonchev–Trinajstić information content (AvgIpc) is 2.36. The SMILES string of the molecule is CCCCC(N)(C(=O)O)P(=O)(O)Cc1ccccc1. The lowest BCUT2D eigenvalue weighted by molar-refractivity contribution is -0.140. The Morgan fingerprint density at radius 3 is 2.42 bits per heavy atom. The minimum absolute atomic E-state index is 0.000551. The van der Waals surface area contributed by atoms with Gasteiger partial charge in [-0.2, -0.15) is 0 Å². The van der Waals surface area contributed by atoms with Gasteiger partial charge >= 0.3 is 5.97 Å². The van der Waals surface area contributed by atoms with Crippen LogP contribution in [-0.2, 0) is 15.5 Å². The molecular weight excluding hydrogens is 265 g/mol. The summed E-state index contributed by atoms with van der Waals surface area (Å²) >= 11 is 0. The van der Waals surface area contributed by atoms with E-state index in [1.807, 2.05) is 6.92 Å².